The van der Waals surface area contributed by atoms with E-state index in [0.717, 1.165) is 38.5 Å². The van der Waals surface area contributed by atoms with E-state index in [1.165, 1.54) is 0 Å². The third-order valence-corrected chi connectivity index (χ3v) is 5.94. The fourth-order valence-corrected chi connectivity index (χ4v) is 4.97. The van der Waals surface area contributed by atoms with Crippen LogP contribution in [0.1, 0.15) is 52.4 Å². The quantitative estimate of drug-likeness (QED) is 0.759. The first-order chi connectivity index (χ1) is 8.02. The summed E-state index contributed by atoms with van der Waals surface area (Å²) in [5.74, 6) is 0.263. The van der Waals surface area contributed by atoms with Crippen LogP contribution in [-0.4, -0.2) is 37.1 Å². The number of hydrogen-bond donors (Lipinski definition) is 1. The van der Waals surface area contributed by atoms with E-state index in [-0.39, 0.29) is 11.3 Å². The van der Waals surface area contributed by atoms with Gasteiger partial charge in [0, 0.05) is 18.6 Å². The molecule has 5 heteroatoms. The molecule has 1 saturated carbocycles. The molecule has 1 aliphatic rings. The van der Waals surface area contributed by atoms with Crippen molar-refractivity contribution < 1.29 is 8.42 Å². The maximum Gasteiger partial charge on any atom is 0.214 e. The van der Waals surface area contributed by atoms with Crippen molar-refractivity contribution in [2.24, 2.45) is 5.73 Å². The summed E-state index contributed by atoms with van der Waals surface area (Å²) in [6, 6.07) is 0. The van der Waals surface area contributed by atoms with Crippen molar-refractivity contribution in [3.8, 4) is 0 Å². The first-order valence-corrected chi connectivity index (χ1v) is 8.34. The van der Waals surface area contributed by atoms with Gasteiger partial charge in [0.1, 0.15) is 0 Å². The van der Waals surface area contributed by atoms with Gasteiger partial charge in [-0.3, -0.25) is 0 Å². The van der Waals surface area contributed by atoms with Crippen molar-refractivity contribution in [1.82, 2.24) is 4.31 Å². The average Bonchev–Trinajstić information content (AvgIpc) is 2.77. The first-order valence-electron chi connectivity index (χ1n) is 6.73. The van der Waals surface area contributed by atoms with Crippen molar-refractivity contribution in [2.45, 2.75) is 57.9 Å². The van der Waals surface area contributed by atoms with Crippen LogP contribution >= 0.6 is 0 Å². The van der Waals surface area contributed by atoms with Crippen molar-refractivity contribution in [3.63, 3.8) is 0 Å². The van der Waals surface area contributed by atoms with Gasteiger partial charge >= 0.3 is 0 Å². The molecule has 0 amide bonds. The highest BCUT2D eigenvalue weighted by Crippen LogP contribution is 2.36. The summed E-state index contributed by atoms with van der Waals surface area (Å²) in [6.45, 7) is 4.93. The number of likely N-dealkylation sites (N-methyl/N-ethyl adjacent to an activating group) is 1. The number of hydrogen-bond acceptors (Lipinski definition) is 3. The molecule has 0 spiro atoms. The maximum absolute atomic E-state index is 12.3. The van der Waals surface area contributed by atoms with Gasteiger partial charge in [0.15, 0.2) is 0 Å². The minimum absolute atomic E-state index is 0.263. The Balaban J connectivity index is 2.89. The van der Waals surface area contributed by atoms with Crippen LogP contribution in [0.15, 0.2) is 0 Å². The van der Waals surface area contributed by atoms with Gasteiger partial charge in [-0.2, -0.15) is 4.31 Å². The maximum atomic E-state index is 12.3. The molecule has 1 rings (SSSR count). The summed E-state index contributed by atoms with van der Waals surface area (Å²) in [4.78, 5) is 0. The molecule has 0 aromatic rings. The number of unbranched alkanes of at least 4 members (excludes halogenated alkanes) is 1. The summed E-state index contributed by atoms with van der Waals surface area (Å²) in [5, 5.41) is 0. The second-order valence-corrected chi connectivity index (χ2v) is 6.98. The van der Waals surface area contributed by atoms with Gasteiger partial charge in [0.05, 0.1) is 5.75 Å². The van der Waals surface area contributed by atoms with Gasteiger partial charge in [0.25, 0.3) is 0 Å². The Morgan fingerprint density at radius 3 is 2.24 bits per heavy atom. The Labute approximate surface area is 106 Å². The van der Waals surface area contributed by atoms with Crippen molar-refractivity contribution in [3.05, 3.63) is 0 Å². The topological polar surface area (TPSA) is 63.4 Å². The Morgan fingerprint density at radius 1 is 1.24 bits per heavy atom. The second kappa shape index (κ2) is 6.16. The van der Waals surface area contributed by atoms with Crippen molar-refractivity contribution in [1.29, 1.82) is 0 Å². The predicted molar refractivity (Wildman–Crippen MR) is 71.3 cm³/mol. The first kappa shape index (κ1) is 14.9. The van der Waals surface area contributed by atoms with E-state index >= 15 is 0 Å². The number of nitrogens with two attached hydrogens (primary N) is 1. The normalized spacial score (nSPS) is 20.0. The van der Waals surface area contributed by atoms with Crippen molar-refractivity contribution in [2.75, 3.05) is 18.8 Å². The summed E-state index contributed by atoms with van der Waals surface area (Å²) in [7, 11) is -3.14. The molecule has 0 aromatic heterocycles. The van der Waals surface area contributed by atoms with E-state index in [9.17, 15) is 8.42 Å². The summed E-state index contributed by atoms with van der Waals surface area (Å²) in [6.07, 6.45) is 5.67. The summed E-state index contributed by atoms with van der Waals surface area (Å²) < 4.78 is 26.4. The molecule has 1 aliphatic carbocycles. The molecule has 0 unspecified atom stereocenters. The lowest BCUT2D eigenvalue weighted by Gasteiger charge is -2.39. The number of rotatable bonds is 7. The molecule has 4 nitrogen and oxygen atoms in total. The highest BCUT2D eigenvalue weighted by molar-refractivity contribution is 7.89. The molecule has 2 N–H and O–H groups in total. The molecule has 0 atom stereocenters. The zero-order valence-electron chi connectivity index (χ0n) is 11.1. The fourth-order valence-electron chi connectivity index (χ4n) is 2.85. The van der Waals surface area contributed by atoms with Gasteiger partial charge in [0.2, 0.25) is 10.0 Å². The van der Waals surface area contributed by atoms with Crippen LogP contribution in [0.5, 0.6) is 0 Å². The molecule has 17 heavy (non-hydrogen) atoms. The molecular weight excluding hydrogens is 236 g/mol. The minimum Gasteiger partial charge on any atom is -0.329 e. The van der Waals surface area contributed by atoms with Crippen LogP contribution in [0.4, 0.5) is 0 Å². The Hall–Kier alpha value is -0.130. The Bertz CT molecular complexity index is 321. The van der Waals surface area contributed by atoms with Crippen molar-refractivity contribution >= 4 is 10.0 Å². The van der Waals surface area contributed by atoms with Crippen LogP contribution in [0.3, 0.4) is 0 Å². The Kier molecular flexibility index (Phi) is 5.41. The van der Waals surface area contributed by atoms with E-state index < -0.39 is 10.0 Å². The van der Waals surface area contributed by atoms with E-state index in [4.69, 9.17) is 5.73 Å². The molecule has 0 aliphatic heterocycles. The van der Waals surface area contributed by atoms with Crippen LogP contribution in [0.2, 0.25) is 0 Å². The van der Waals surface area contributed by atoms with Crippen LogP contribution in [0.25, 0.3) is 0 Å². The SMILES string of the molecule is CCCCS(=O)(=O)N(CC)C1(CN)CCCC1. The zero-order valence-corrected chi connectivity index (χ0v) is 11.9. The minimum atomic E-state index is -3.14. The van der Waals surface area contributed by atoms with E-state index in [0.29, 0.717) is 13.1 Å². The van der Waals surface area contributed by atoms with E-state index in [1.54, 1.807) is 4.31 Å². The molecule has 0 aromatic carbocycles. The fraction of sp³-hybridized carbons (Fsp3) is 1.00. The van der Waals surface area contributed by atoms with E-state index in [1.807, 2.05) is 13.8 Å². The van der Waals surface area contributed by atoms with Crippen LogP contribution in [0, 0.1) is 0 Å². The molecular formula is C12H26N2O2S. The Morgan fingerprint density at radius 2 is 1.82 bits per heavy atom. The summed E-state index contributed by atoms with van der Waals surface area (Å²) >= 11 is 0. The third kappa shape index (κ3) is 3.20. The standard InChI is InChI=1S/C12H26N2O2S/c1-3-5-10-17(15,16)14(4-2)12(11-13)8-6-7-9-12/h3-11,13H2,1-2H3. The third-order valence-electron chi connectivity index (χ3n) is 3.82. The highest BCUT2D eigenvalue weighted by Gasteiger charge is 2.43. The highest BCUT2D eigenvalue weighted by atomic mass is 32.2. The largest absolute Gasteiger partial charge is 0.329 e. The molecule has 0 radical (unpaired) electrons. The van der Waals surface area contributed by atoms with Gasteiger partial charge in [-0.25, -0.2) is 8.42 Å². The average molecular weight is 262 g/mol. The monoisotopic (exact) mass is 262 g/mol. The molecule has 1 fully saturated rings. The molecule has 0 saturated heterocycles. The summed E-state index contributed by atoms with van der Waals surface area (Å²) in [5.41, 5.74) is 5.57. The van der Waals surface area contributed by atoms with Gasteiger partial charge in [-0.15, -0.1) is 0 Å². The lowest BCUT2D eigenvalue weighted by molar-refractivity contribution is 0.205. The predicted octanol–water partition coefficient (Wildman–Crippen LogP) is 1.71. The second-order valence-electron chi connectivity index (χ2n) is 4.97. The molecule has 102 valence electrons. The zero-order chi connectivity index (χ0) is 12.9. The van der Waals surface area contributed by atoms with E-state index in [2.05, 4.69) is 0 Å². The van der Waals surface area contributed by atoms with Gasteiger partial charge < -0.3 is 5.73 Å². The molecule has 0 heterocycles. The van der Waals surface area contributed by atoms with Gasteiger partial charge in [-0.05, 0) is 19.3 Å². The smallest absolute Gasteiger partial charge is 0.214 e. The lowest BCUT2D eigenvalue weighted by Crippen LogP contribution is -2.55. The molecule has 0 bridgehead atoms. The number of nitrogens with zero attached hydrogens (tertiary/aromatic N) is 1. The number of sulfonamides is 1. The van der Waals surface area contributed by atoms with Crippen LogP contribution < -0.4 is 5.73 Å². The lowest BCUT2D eigenvalue weighted by atomic mass is 9.98. The van der Waals surface area contributed by atoms with Crippen LogP contribution in [-0.2, 0) is 10.0 Å². The van der Waals surface area contributed by atoms with Gasteiger partial charge in [-0.1, -0.05) is 33.1 Å².